The number of H-pyrrole nitrogens is 1. The summed E-state index contributed by atoms with van der Waals surface area (Å²) in [5, 5.41) is 9.89. The molecular formula is C13H12N4O. The molecule has 1 heterocycles. The number of rotatable bonds is 1. The van der Waals surface area contributed by atoms with Crippen LogP contribution < -0.4 is 11.5 Å². The molecule has 90 valence electrons. The third-order valence-corrected chi connectivity index (χ3v) is 2.83. The number of anilines is 2. The second kappa shape index (κ2) is 3.66. The number of nitrogen functional groups attached to an aromatic ring is 2. The monoisotopic (exact) mass is 240 g/mol. The molecule has 18 heavy (non-hydrogen) atoms. The zero-order valence-corrected chi connectivity index (χ0v) is 9.51. The molecule has 0 aliphatic carbocycles. The minimum absolute atomic E-state index is 0.154. The Morgan fingerprint density at radius 3 is 2.67 bits per heavy atom. The first-order valence-corrected chi connectivity index (χ1v) is 5.47. The first-order chi connectivity index (χ1) is 8.63. The smallest absolute Gasteiger partial charge is 0.198 e. The third-order valence-electron chi connectivity index (χ3n) is 2.83. The van der Waals surface area contributed by atoms with Crippen LogP contribution >= 0.6 is 0 Å². The average Bonchev–Trinajstić information content (AvgIpc) is 2.68. The molecular weight excluding hydrogens is 228 g/mol. The van der Waals surface area contributed by atoms with E-state index in [4.69, 9.17) is 11.5 Å². The Kier molecular flexibility index (Phi) is 2.13. The van der Waals surface area contributed by atoms with Gasteiger partial charge in [0.2, 0.25) is 0 Å². The zero-order valence-electron chi connectivity index (χ0n) is 9.51. The van der Waals surface area contributed by atoms with Crippen molar-refractivity contribution in [1.29, 1.82) is 0 Å². The van der Waals surface area contributed by atoms with Crippen LogP contribution in [0.2, 0.25) is 0 Å². The summed E-state index contributed by atoms with van der Waals surface area (Å²) < 4.78 is 0. The van der Waals surface area contributed by atoms with Crippen molar-refractivity contribution >= 4 is 22.7 Å². The maximum Gasteiger partial charge on any atom is 0.198 e. The number of nitrogens with two attached hydrogens (primary N) is 2. The van der Waals surface area contributed by atoms with E-state index in [2.05, 4.69) is 9.97 Å². The van der Waals surface area contributed by atoms with Gasteiger partial charge in [0, 0.05) is 17.3 Å². The second-order valence-corrected chi connectivity index (χ2v) is 4.13. The number of benzene rings is 2. The van der Waals surface area contributed by atoms with E-state index < -0.39 is 0 Å². The van der Waals surface area contributed by atoms with Crippen molar-refractivity contribution in [3.63, 3.8) is 0 Å². The maximum atomic E-state index is 9.89. The number of aromatic nitrogens is 2. The summed E-state index contributed by atoms with van der Waals surface area (Å²) in [6.07, 6.45) is 0. The van der Waals surface area contributed by atoms with Gasteiger partial charge in [0.15, 0.2) is 5.95 Å². The normalized spacial score (nSPS) is 10.9. The Labute approximate surface area is 103 Å². The molecule has 0 amide bonds. The molecule has 0 bridgehead atoms. The van der Waals surface area contributed by atoms with Crippen molar-refractivity contribution in [1.82, 2.24) is 9.97 Å². The lowest BCUT2D eigenvalue weighted by molar-refractivity contribution is 0.477. The van der Waals surface area contributed by atoms with Crippen LogP contribution in [0.1, 0.15) is 0 Å². The highest BCUT2D eigenvalue weighted by atomic mass is 16.3. The van der Waals surface area contributed by atoms with Gasteiger partial charge in [-0.25, -0.2) is 4.98 Å². The molecule has 0 saturated heterocycles. The molecule has 0 unspecified atom stereocenters. The number of aromatic amines is 1. The number of nitrogens with one attached hydrogen (secondary N) is 1. The molecule has 1 aromatic heterocycles. The molecule has 2 aromatic carbocycles. The van der Waals surface area contributed by atoms with Crippen molar-refractivity contribution in [3.05, 3.63) is 36.4 Å². The summed E-state index contributed by atoms with van der Waals surface area (Å²) in [4.78, 5) is 7.08. The Bertz CT molecular complexity index is 733. The summed E-state index contributed by atoms with van der Waals surface area (Å²) in [5.74, 6) is 0.533. The molecule has 6 N–H and O–H groups in total. The molecule has 0 atom stereocenters. The van der Waals surface area contributed by atoms with E-state index in [0.717, 1.165) is 22.2 Å². The number of fused-ring (bicyclic) bond motifs is 1. The molecule has 0 aliphatic rings. The fourth-order valence-electron chi connectivity index (χ4n) is 1.99. The molecule has 3 aromatic rings. The minimum atomic E-state index is 0.154. The Balaban J connectivity index is 2.18. The van der Waals surface area contributed by atoms with E-state index in [-0.39, 0.29) is 5.75 Å². The summed E-state index contributed by atoms with van der Waals surface area (Å²) in [5.41, 5.74) is 15.0. The van der Waals surface area contributed by atoms with Crippen molar-refractivity contribution in [2.45, 2.75) is 0 Å². The minimum Gasteiger partial charge on any atom is -0.507 e. The number of aromatic hydroxyl groups is 1. The number of imidazole rings is 1. The highest BCUT2D eigenvalue weighted by Crippen LogP contribution is 2.32. The summed E-state index contributed by atoms with van der Waals surface area (Å²) in [6.45, 7) is 0. The largest absolute Gasteiger partial charge is 0.507 e. The molecule has 0 fully saturated rings. The van der Waals surface area contributed by atoms with E-state index in [0.29, 0.717) is 11.6 Å². The lowest BCUT2D eigenvalue weighted by Crippen LogP contribution is -1.85. The first-order valence-electron chi connectivity index (χ1n) is 5.47. The highest BCUT2D eigenvalue weighted by molar-refractivity contribution is 5.85. The number of phenols is 1. The van der Waals surface area contributed by atoms with Crippen LogP contribution in [-0.2, 0) is 0 Å². The van der Waals surface area contributed by atoms with Crippen LogP contribution in [0, 0.1) is 0 Å². The van der Waals surface area contributed by atoms with E-state index in [1.165, 1.54) is 6.07 Å². The molecule has 0 spiro atoms. The van der Waals surface area contributed by atoms with Crippen molar-refractivity contribution in [2.75, 3.05) is 11.5 Å². The fraction of sp³-hybridized carbons (Fsp3) is 0. The lowest BCUT2D eigenvalue weighted by atomic mass is 10.0. The zero-order chi connectivity index (χ0) is 12.7. The quantitative estimate of drug-likeness (QED) is 0.489. The van der Waals surface area contributed by atoms with Crippen LogP contribution in [0.5, 0.6) is 5.75 Å². The Morgan fingerprint density at radius 1 is 1.06 bits per heavy atom. The second-order valence-electron chi connectivity index (χ2n) is 4.13. The van der Waals surface area contributed by atoms with Crippen LogP contribution in [0.4, 0.5) is 11.6 Å². The summed E-state index contributed by atoms with van der Waals surface area (Å²) in [7, 11) is 0. The highest BCUT2D eigenvalue weighted by Gasteiger charge is 2.07. The van der Waals surface area contributed by atoms with E-state index in [1.807, 2.05) is 18.2 Å². The molecule has 0 aliphatic heterocycles. The molecule has 3 rings (SSSR count). The summed E-state index contributed by atoms with van der Waals surface area (Å²) in [6, 6.07) is 10.7. The van der Waals surface area contributed by atoms with Gasteiger partial charge in [-0.1, -0.05) is 6.07 Å². The Morgan fingerprint density at radius 2 is 1.89 bits per heavy atom. The average molecular weight is 240 g/mol. The van der Waals surface area contributed by atoms with Gasteiger partial charge in [0.1, 0.15) is 5.75 Å². The van der Waals surface area contributed by atoms with E-state index in [9.17, 15) is 5.11 Å². The number of phenolic OH excluding ortho intramolecular Hbond substituents is 1. The summed E-state index contributed by atoms with van der Waals surface area (Å²) >= 11 is 0. The molecule has 5 nitrogen and oxygen atoms in total. The van der Waals surface area contributed by atoms with Gasteiger partial charge in [-0.3, -0.25) is 0 Å². The number of nitrogens with zero attached hydrogens (tertiary/aromatic N) is 1. The van der Waals surface area contributed by atoms with Gasteiger partial charge >= 0.3 is 0 Å². The topological polar surface area (TPSA) is 101 Å². The number of hydrogen-bond acceptors (Lipinski definition) is 4. The van der Waals surface area contributed by atoms with Crippen molar-refractivity contribution in [3.8, 4) is 16.9 Å². The van der Waals surface area contributed by atoms with Crippen molar-refractivity contribution in [2.24, 2.45) is 0 Å². The van der Waals surface area contributed by atoms with E-state index in [1.54, 1.807) is 12.1 Å². The van der Waals surface area contributed by atoms with Gasteiger partial charge in [-0.05, 0) is 29.8 Å². The fourth-order valence-corrected chi connectivity index (χ4v) is 1.99. The van der Waals surface area contributed by atoms with Crippen LogP contribution in [0.3, 0.4) is 0 Å². The van der Waals surface area contributed by atoms with Crippen LogP contribution in [0.15, 0.2) is 36.4 Å². The number of hydrogen-bond donors (Lipinski definition) is 4. The van der Waals surface area contributed by atoms with Gasteiger partial charge in [-0.15, -0.1) is 0 Å². The molecule has 0 saturated carbocycles. The predicted molar refractivity (Wildman–Crippen MR) is 72.0 cm³/mol. The van der Waals surface area contributed by atoms with E-state index >= 15 is 0 Å². The van der Waals surface area contributed by atoms with Gasteiger partial charge in [-0.2, -0.15) is 0 Å². The Hall–Kier alpha value is -2.69. The first kappa shape index (κ1) is 10.5. The lowest BCUT2D eigenvalue weighted by Gasteiger charge is -2.05. The molecule has 5 heteroatoms. The van der Waals surface area contributed by atoms with Crippen molar-refractivity contribution < 1.29 is 5.11 Å². The standard InChI is InChI=1S/C13H12N4O/c14-8-2-3-9(12(18)6-8)7-1-4-10-11(5-7)17-13(15)16-10/h1-6,18H,14H2,(H3,15,16,17). The third kappa shape index (κ3) is 1.62. The van der Waals surface area contributed by atoms with Gasteiger partial charge in [0.05, 0.1) is 11.0 Å². The van der Waals surface area contributed by atoms with Crippen LogP contribution in [-0.4, -0.2) is 15.1 Å². The van der Waals surface area contributed by atoms with Crippen LogP contribution in [0.25, 0.3) is 22.2 Å². The molecule has 0 radical (unpaired) electrons. The van der Waals surface area contributed by atoms with Gasteiger partial charge in [0.25, 0.3) is 0 Å². The predicted octanol–water partition coefficient (Wildman–Crippen LogP) is 2.10. The SMILES string of the molecule is Nc1ccc(-c2ccc3nc(N)[nH]c3c2)c(O)c1. The maximum absolute atomic E-state index is 9.89. The van der Waals surface area contributed by atoms with Gasteiger partial charge < -0.3 is 21.6 Å².